The third kappa shape index (κ3) is 4.97. The molecule has 1 aliphatic carbocycles. The Hall–Kier alpha value is -3.91. The number of rotatable bonds is 8. The van der Waals surface area contributed by atoms with Crippen LogP contribution in [0, 0.1) is 0 Å². The lowest BCUT2D eigenvalue weighted by molar-refractivity contribution is 0.0972. The minimum Gasteiger partial charge on any atom is -0.482 e. The van der Waals surface area contributed by atoms with Gasteiger partial charge in [-0.15, -0.1) is 0 Å². The van der Waals surface area contributed by atoms with Gasteiger partial charge in [0.1, 0.15) is 11.9 Å². The molecule has 35 heavy (non-hydrogen) atoms. The summed E-state index contributed by atoms with van der Waals surface area (Å²) in [6, 6.07) is 21.4. The maximum Gasteiger partial charge on any atom is 0.262 e. The van der Waals surface area contributed by atoms with E-state index in [2.05, 4.69) is 9.71 Å². The summed E-state index contributed by atoms with van der Waals surface area (Å²) in [7, 11) is -3.89. The summed E-state index contributed by atoms with van der Waals surface area (Å²) in [6.45, 7) is 0.477. The van der Waals surface area contributed by atoms with Gasteiger partial charge in [0.2, 0.25) is 0 Å². The monoisotopic (exact) mass is 487 g/mol. The van der Waals surface area contributed by atoms with Crippen molar-refractivity contribution in [1.29, 1.82) is 0 Å². The molecule has 178 valence electrons. The quantitative estimate of drug-likeness (QED) is 0.377. The zero-order chi connectivity index (χ0) is 24.3. The summed E-state index contributed by atoms with van der Waals surface area (Å²) in [6.07, 6.45) is 6.54. The lowest BCUT2D eigenvalue weighted by atomic mass is 9.89. The fourth-order valence-corrected chi connectivity index (χ4v) is 5.45. The Kier molecular flexibility index (Phi) is 6.37. The molecule has 0 saturated heterocycles. The zero-order valence-corrected chi connectivity index (χ0v) is 19.8. The van der Waals surface area contributed by atoms with Crippen molar-refractivity contribution in [1.82, 2.24) is 9.55 Å². The average Bonchev–Trinajstić information content (AvgIpc) is 3.39. The van der Waals surface area contributed by atoms with Gasteiger partial charge >= 0.3 is 0 Å². The van der Waals surface area contributed by atoms with Crippen LogP contribution in [0.5, 0.6) is 5.75 Å². The van der Waals surface area contributed by atoms with Gasteiger partial charge in [-0.2, -0.15) is 0 Å². The molecule has 1 aliphatic rings. The number of hydrogen-bond acceptors (Lipinski definition) is 5. The Morgan fingerprint density at radius 2 is 1.71 bits per heavy atom. The topological polar surface area (TPSA) is 90.3 Å². The first-order chi connectivity index (χ1) is 17.0. The number of imidazole rings is 1. The predicted molar refractivity (Wildman–Crippen MR) is 133 cm³/mol. The Morgan fingerprint density at radius 3 is 2.43 bits per heavy atom. The van der Waals surface area contributed by atoms with Gasteiger partial charge in [-0.3, -0.25) is 9.52 Å². The van der Waals surface area contributed by atoms with Gasteiger partial charge in [-0.1, -0.05) is 48.5 Å². The molecule has 1 atom stereocenters. The highest BCUT2D eigenvalue weighted by atomic mass is 32.2. The van der Waals surface area contributed by atoms with Crippen molar-refractivity contribution in [3.63, 3.8) is 0 Å². The number of hydrogen-bond donors (Lipinski definition) is 1. The number of Topliss-reactive ketones (excluding diaryl/α,β-unsaturated/α-hetero) is 1. The number of anilines is 1. The Bertz CT molecular complexity index is 1420. The summed E-state index contributed by atoms with van der Waals surface area (Å²) < 4.78 is 37.7. The number of aromatic nitrogens is 2. The van der Waals surface area contributed by atoms with Gasteiger partial charge in [0, 0.05) is 24.4 Å². The lowest BCUT2D eigenvalue weighted by Crippen LogP contribution is -2.21. The van der Waals surface area contributed by atoms with E-state index in [-0.39, 0.29) is 10.7 Å². The molecular weight excluding hydrogens is 462 g/mol. The molecule has 0 fully saturated rings. The molecule has 8 heteroatoms. The van der Waals surface area contributed by atoms with Crippen LogP contribution in [0.3, 0.4) is 0 Å². The Labute approximate surface area is 204 Å². The van der Waals surface area contributed by atoms with Gasteiger partial charge in [0.05, 0.1) is 23.5 Å². The number of ether oxygens (including phenoxy) is 1. The standard InChI is InChI=1S/C27H25N3O4S/c31-24-13-7-12-23-22(24)14-15-25(27(23)29-35(32,33)21-10-5-2-6-11-21)34-26(18-30-17-16-28-19-30)20-8-3-1-4-9-20/h1-6,8-11,14-17,19,26,29H,7,12-13,18H2/t26-/m1/s1. The van der Waals surface area contributed by atoms with Crippen molar-refractivity contribution in [2.24, 2.45) is 0 Å². The highest BCUT2D eigenvalue weighted by molar-refractivity contribution is 7.92. The van der Waals surface area contributed by atoms with Crippen molar-refractivity contribution < 1.29 is 17.9 Å². The van der Waals surface area contributed by atoms with Crippen molar-refractivity contribution in [2.75, 3.05) is 4.72 Å². The Morgan fingerprint density at radius 1 is 0.971 bits per heavy atom. The number of carbonyl (C=O) groups excluding carboxylic acids is 1. The second-order valence-corrected chi connectivity index (χ2v) is 10.1. The summed E-state index contributed by atoms with van der Waals surface area (Å²) in [5.74, 6) is 0.392. The van der Waals surface area contributed by atoms with Gasteiger partial charge in [0.25, 0.3) is 10.0 Å². The van der Waals surface area contributed by atoms with E-state index in [0.717, 1.165) is 5.56 Å². The van der Waals surface area contributed by atoms with E-state index in [0.29, 0.717) is 48.4 Å². The molecule has 0 radical (unpaired) electrons. The van der Waals surface area contributed by atoms with Crippen LogP contribution < -0.4 is 9.46 Å². The summed E-state index contributed by atoms with van der Waals surface area (Å²) in [4.78, 5) is 16.9. The molecule has 1 heterocycles. The van der Waals surface area contributed by atoms with E-state index in [4.69, 9.17) is 4.74 Å². The second kappa shape index (κ2) is 9.76. The van der Waals surface area contributed by atoms with Crippen LogP contribution in [-0.4, -0.2) is 23.8 Å². The van der Waals surface area contributed by atoms with E-state index >= 15 is 0 Å². The predicted octanol–water partition coefficient (Wildman–Crippen LogP) is 5.02. The zero-order valence-electron chi connectivity index (χ0n) is 19.0. The minimum atomic E-state index is -3.89. The smallest absolute Gasteiger partial charge is 0.262 e. The fraction of sp³-hybridized carbons (Fsp3) is 0.185. The molecule has 3 aromatic carbocycles. The number of fused-ring (bicyclic) bond motifs is 1. The molecule has 1 aromatic heterocycles. The third-order valence-electron chi connectivity index (χ3n) is 6.07. The fourth-order valence-electron chi connectivity index (χ4n) is 4.33. The maximum absolute atomic E-state index is 13.3. The van der Waals surface area contributed by atoms with Crippen LogP contribution in [0.1, 0.15) is 40.4 Å². The van der Waals surface area contributed by atoms with Crippen LogP contribution in [0.15, 0.2) is 96.4 Å². The second-order valence-electron chi connectivity index (χ2n) is 8.44. The molecule has 7 nitrogen and oxygen atoms in total. The first-order valence-electron chi connectivity index (χ1n) is 11.5. The SMILES string of the molecule is O=C1CCCc2c1ccc(O[C@H](Cn1ccnc1)c1ccccc1)c2NS(=O)(=O)c1ccccc1. The Balaban J connectivity index is 1.58. The number of benzene rings is 3. The third-order valence-corrected chi connectivity index (χ3v) is 7.44. The van der Waals surface area contributed by atoms with Crippen LogP contribution in [0.4, 0.5) is 5.69 Å². The minimum absolute atomic E-state index is 0.0102. The molecule has 0 saturated carbocycles. The van der Waals surface area contributed by atoms with E-state index in [1.807, 2.05) is 41.1 Å². The average molecular weight is 488 g/mol. The van der Waals surface area contributed by atoms with Crippen molar-refractivity contribution in [3.05, 3.63) is 108 Å². The van der Waals surface area contributed by atoms with Crippen LogP contribution >= 0.6 is 0 Å². The summed E-state index contributed by atoms with van der Waals surface area (Å²) >= 11 is 0. The summed E-state index contributed by atoms with van der Waals surface area (Å²) in [5.41, 5.74) is 2.48. The van der Waals surface area contributed by atoms with Gasteiger partial charge < -0.3 is 9.30 Å². The van der Waals surface area contributed by atoms with Gasteiger partial charge in [0.15, 0.2) is 5.78 Å². The number of ketones is 1. The number of sulfonamides is 1. The van der Waals surface area contributed by atoms with Crippen molar-refractivity contribution in [2.45, 2.75) is 36.8 Å². The molecule has 0 bridgehead atoms. The van der Waals surface area contributed by atoms with Gasteiger partial charge in [-0.05, 0) is 48.2 Å². The molecule has 1 N–H and O–H groups in total. The number of carbonyl (C=O) groups is 1. The molecule has 5 rings (SSSR count). The number of nitrogens with one attached hydrogen (secondary N) is 1. The highest BCUT2D eigenvalue weighted by Crippen LogP contribution is 2.39. The van der Waals surface area contributed by atoms with Crippen molar-refractivity contribution >= 4 is 21.5 Å². The molecular formula is C27H25N3O4S. The van der Waals surface area contributed by atoms with E-state index < -0.39 is 16.1 Å². The van der Waals surface area contributed by atoms with Gasteiger partial charge in [-0.25, -0.2) is 13.4 Å². The first kappa shape index (κ1) is 22.9. The first-order valence-corrected chi connectivity index (χ1v) is 12.9. The molecule has 0 aliphatic heterocycles. The van der Waals surface area contributed by atoms with Crippen LogP contribution in [-0.2, 0) is 23.0 Å². The number of nitrogens with zero attached hydrogens (tertiary/aromatic N) is 2. The van der Waals surface area contributed by atoms with Crippen LogP contribution in [0.2, 0.25) is 0 Å². The molecule has 0 spiro atoms. The molecule has 4 aromatic rings. The van der Waals surface area contributed by atoms with Crippen LogP contribution in [0.25, 0.3) is 0 Å². The molecule has 0 amide bonds. The lowest BCUT2D eigenvalue weighted by Gasteiger charge is -2.26. The van der Waals surface area contributed by atoms with Crippen molar-refractivity contribution in [3.8, 4) is 5.75 Å². The molecule has 0 unspecified atom stereocenters. The maximum atomic E-state index is 13.3. The largest absolute Gasteiger partial charge is 0.482 e. The summed E-state index contributed by atoms with van der Waals surface area (Å²) in [5, 5.41) is 0. The normalized spacial score (nSPS) is 14.2. The highest BCUT2D eigenvalue weighted by Gasteiger charge is 2.27. The van der Waals surface area contributed by atoms with E-state index in [1.165, 1.54) is 12.1 Å². The van der Waals surface area contributed by atoms with E-state index in [9.17, 15) is 13.2 Å². The van der Waals surface area contributed by atoms with E-state index in [1.54, 1.807) is 42.9 Å².